The fourth-order valence-corrected chi connectivity index (χ4v) is 2.21. The van der Waals surface area contributed by atoms with Crippen LogP contribution in [-0.2, 0) is 9.53 Å². The molecule has 2 unspecified atom stereocenters. The molecule has 1 saturated heterocycles. The van der Waals surface area contributed by atoms with E-state index in [1.165, 1.54) is 0 Å². The molecule has 1 heterocycles. The van der Waals surface area contributed by atoms with Crippen LogP contribution in [0.4, 0.5) is 0 Å². The first-order valence-corrected chi connectivity index (χ1v) is 6.38. The highest BCUT2D eigenvalue weighted by Gasteiger charge is 2.30. The normalized spacial score (nSPS) is 20.3. The number of nitrogens with zero attached hydrogens (tertiary/aromatic N) is 1. The lowest BCUT2D eigenvalue weighted by Gasteiger charge is -2.27. The Labute approximate surface area is 116 Å². The van der Waals surface area contributed by atoms with Crippen molar-refractivity contribution in [3.05, 3.63) is 12.7 Å². The largest absolute Gasteiger partial charge is 0.368 e. The number of rotatable bonds is 7. The monoisotopic (exact) mass is 276 g/mol. The summed E-state index contributed by atoms with van der Waals surface area (Å²) in [4.78, 5) is 14.1. The van der Waals surface area contributed by atoms with Gasteiger partial charge in [0.05, 0.1) is 6.61 Å². The van der Waals surface area contributed by atoms with Crippen LogP contribution in [0.2, 0.25) is 0 Å². The molecule has 0 aliphatic carbocycles. The molecule has 1 fully saturated rings. The van der Waals surface area contributed by atoms with Crippen molar-refractivity contribution in [3.8, 4) is 0 Å². The molecule has 0 bridgehead atoms. The summed E-state index contributed by atoms with van der Waals surface area (Å²) in [5.41, 5.74) is 0. The van der Waals surface area contributed by atoms with Crippen molar-refractivity contribution in [2.75, 3.05) is 26.7 Å². The predicted molar refractivity (Wildman–Crippen MR) is 76.1 cm³/mol. The van der Waals surface area contributed by atoms with E-state index in [4.69, 9.17) is 4.74 Å². The summed E-state index contributed by atoms with van der Waals surface area (Å²) in [6.07, 6.45) is 4.44. The van der Waals surface area contributed by atoms with E-state index in [9.17, 15) is 4.79 Å². The van der Waals surface area contributed by atoms with Crippen LogP contribution < -0.4 is 5.32 Å². The van der Waals surface area contributed by atoms with E-state index in [1.807, 2.05) is 18.9 Å². The summed E-state index contributed by atoms with van der Waals surface area (Å²) < 4.78 is 5.50. The quantitative estimate of drug-likeness (QED) is 0.567. The van der Waals surface area contributed by atoms with Crippen LogP contribution in [-0.4, -0.2) is 49.7 Å². The number of hydrogen-bond donors (Lipinski definition) is 1. The zero-order valence-electron chi connectivity index (χ0n) is 11.4. The van der Waals surface area contributed by atoms with E-state index in [2.05, 4.69) is 11.9 Å². The molecule has 2 atom stereocenters. The Kier molecular flexibility index (Phi) is 9.06. The van der Waals surface area contributed by atoms with E-state index in [-0.39, 0.29) is 24.4 Å². The molecule has 1 aliphatic heterocycles. The number of hydrogen-bond acceptors (Lipinski definition) is 3. The van der Waals surface area contributed by atoms with Crippen LogP contribution >= 0.6 is 12.4 Å². The fourth-order valence-electron chi connectivity index (χ4n) is 2.21. The molecule has 1 aliphatic rings. The Morgan fingerprint density at radius 1 is 1.67 bits per heavy atom. The number of nitrogens with one attached hydrogen (secondary N) is 1. The maximum absolute atomic E-state index is 12.2. The van der Waals surface area contributed by atoms with Crippen LogP contribution in [0.1, 0.15) is 26.2 Å². The van der Waals surface area contributed by atoms with Gasteiger partial charge in [-0.15, -0.1) is 19.0 Å². The Morgan fingerprint density at radius 3 is 3.00 bits per heavy atom. The van der Waals surface area contributed by atoms with Crippen LogP contribution in [0.3, 0.4) is 0 Å². The van der Waals surface area contributed by atoms with Crippen molar-refractivity contribution in [1.29, 1.82) is 0 Å². The third-order valence-corrected chi connectivity index (χ3v) is 3.14. The minimum atomic E-state index is -0.340. The molecule has 0 aromatic heterocycles. The maximum atomic E-state index is 12.2. The number of carbonyl (C=O) groups is 1. The summed E-state index contributed by atoms with van der Waals surface area (Å²) in [6, 6.07) is 0.331. The summed E-state index contributed by atoms with van der Waals surface area (Å²) in [7, 11) is 1.92. The van der Waals surface area contributed by atoms with Gasteiger partial charge in [-0.1, -0.05) is 6.08 Å². The number of likely N-dealkylation sites (tertiary alicyclic amines) is 1. The molecule has 0 radical (unpaired) electrons. The van der Waals surface area contributed by atoms with Gasteiger partial charge < -0.3 is 15.0 Å². The van der Waals surface area contributed by atoms with Crippen molar-refractivity contribution < 1.29 is 9.53 Å². The SMILES string of the molecule is C=CCCOC(C)C(=O)N1CCCC1CNC.Cl. The van der Waals surface area contributed by atoms with Crippen LogP contribution in [0.25, 0.3) is 0 Å². The topological polar surface area (TPSA) is 41.6 Å². The van der Waals surface area contributed by atoms with Crippen molar-refractivity contribution in [2.24, 2.45) is 0 Å². The second-order valence-electron chi connectivity index (χ2n) is 4.48. The van der Waals surface area contributed by atoms with Crippen LogP contribution in [0.15, 0.2) is 12.7 Å². The third kappa shape index (κ3) is 4.96. The molecule has 0 saturated carbocycles. The molecule has 1 amide bonds. The zero-order chi connectivity index (χ0) is 12.7. The molecular weight excluding hydrogens is 252 g/mol. The minimum absolute atomic E-state index is 0. The van der Waals surface area contributed by atoms with Gasteiger partial charge in [0, 0.05) is 19.1 Å². The van der Waals surface area contributed by atoms with Crippen molar-refractivity contribution in [1.82, 2.24) is 10.2 Å². The van der Waals surface area contributed by atoms with Crippen molar-refractivity contribution >= 4 is 18.3 Å². The molecular formula is C13H25ClN2O2. The summed E-state index contributed by atoms with van der Waals surface area (Å²) >= 11 is 0. The molecule has 0 spiro atoms. The summed E-state index contributed by atoms with van der Waals surface area (Å²) in [5, 5.41) is 3.14. The molecule has 1 N–H and O–H groups in total. The van der Waals surface area contributed by atoms with Gasteiger partial charge in [0.15, 0.2) is 0 Å². The first-order valence-electron chi connectivity index (χ1n) is 6.38. The van der Waals surface area contributed by atoms with Gasteiger partial charge >= 0.3 is 0 Å². The zero-order valence-corrected chi connectivity index (χ0v) is 12.2. The first kappa shape index (κ1) is 17.4. The van der Waals surface area contributed by atoms with Gasteiger partial charge in [-0.3, -0.25) is 4.79 Å². The maximum Gasteiger partial charge on any atom is 0.251 e. The molecule has 4 nitrogen and oxygen atoms in total. The van der Waals surface area contributed by atoms with Gasteiger partial charge in [0.2, 0.25) is 0 Å². The first-order chi connectivity index (χ1) is 8.20. The van der Waals surface area contributed by atoms with E-state index >= 15 is 0 Å². The highest BCUT2D eigenvalue weighted by molar-refractivity contribution is 5.85. The third-order valence-electron chi connectivity index (χ3n) is 3.14. The molecule has 18 heavy (non-hydrogen) atoms. The van der Waals surface area contributed by atoms with E-state index < -0.39 is 0 Å². The standard InChI is InChI=1S/C13H24N2O2.ClH/c1-4-5-9-17-11(2)13(16)15-8-6-7-12(15)10-14-3;/h4,11-12,14H,1,5-10H2,2-3H3;1H. The number of halogens is 1. The number of carbonyl (C=O) groups excluding carboxylic acids is 1. The fraction of sp³-hybridized carbons (Fsp3) is 0.769. The molecule has 106 valence electrons. The minimum Gasteiger partial charge on any atom is -0.368 e. The highest BCUT2D eigenvalue weighted by atomic mass is 35.5. The van der Waals surface area contributed by atoms with Gasteiger partial charge in [-0.25, -0.2) is 0 Å². The Hall–Kier alpha value is -0.580. The molecule has 1 rings (SSSR count). The van der Waals surface area contributed by atoms with Gasteiger partial charge in [-0.05, 0) is 33.2 Å². The molecule has 0 aromatic rings. The lowest BCUT2D eigenvalue weighted by molar-refractivity contribution is -0.143. The van der Waals surface area contributed by atoms with Crippen LogP contribution in [0.5, 0.6) is 0 Å². The van der Waals surface area contributed by atoms with Crippen molar-refractivity contribution in [2.45, 2.75) is 38.3 Å². The predicted octanol–water partition coefficient (Wildman–Crippen LogP) is 1.60. The van der Waals surface area contributed by atoms with Crippen molar-refractivity contribution in [3.63, 3.8) is 0 Å². The Morgan fingerprint density at radius 2 is 2.39 bits per heavy atom. The number of likely N-dealkylation sites (N-methyl/N-ethyl adjacent to an activating group) is 1. The molecule has 5 heteroatoms. The Bertz CT molecular complexity index is 261. The van der Waals surface area contributed by atoms with Gasteiger partial charge in [0.1, 0.15) is 6.10 Å². The average molecular weight is 277 g/mol. The van der Waals surface area contributed by atoms with E-state index in [0.717, 1.165) is 32.4 Å². The summed E-state index contributed by atoms with van der Waals surface area (Å²) in [6.45, 7) is 7.76. The van der Waals surface area contributed by atoms with Gasteiger partial charge in [0.25, 0.3) is 5.91 Å². The van der Waals surface area contributed by atoms with Gasteiger partial charge in [-0.2, -0.15) is 0 Å². The Balaban J connectivity index is 0.00000289. The lowest BCUT2D eigenvalue weighted by atomic mass is 10.2. The molecule has 0 aromatic carbocycles. The second-order valence-corrected chi connectivity index (χ2v) is 4.48. The smallest absolute Gasteiger partial charge is 0.251 e. The number of ether oxygens (including phenoxy) is 1. The summed E-state index contributed by atoms with van der Waals surface area (Å²) in [5.74, 6) is 0.117. The highest BCUT2D eigenvalue weighted by Crippen LogP contribution is 2.18. The number of amides is 1. The van der Waals surface area contributed by atoms with E-state index in [1.54, 1.807) is 6.08 Å². The second kappa shape index (κ2) is 9.36. The average Bonchev–Trinajstić information content (AvgIpc) is 2.77. The van der Waals surface area contributed by atoms with E-state index in [0.29, 0.717) is 12.6 Å². The lowest BCUT2D eigenvalue weighted by Crippen LogP contribution is -2.45. The van der Waals surface area contributed by atoms with Crippen LogP contribution in [0, 0.1) is 0 Å².